The van der Waals surface area contributed by atoms with Crippen LogP contribution in [0.15, 0.2) is 18.3 Å². The number of anilines is 1. The fourth-order valence-corrected chi connectivity index (χ4v) is 2.24. The van der Waals surface area contributed by atoms with Gasteiger partial charge in [0.05, 0.1) is 5.92 Å². The highest BCUT2D eigenvalue weighted by molar-refractivity contribution is 5.38. The molecule has 1 aliphatic heterocycles. The number of piperidine rings is 1. The second kappa shape index (κ2) is 5.14. The average molecular weight is 259 g/mol. The third kappa shape index (κ3) is 3.13. The Morgan fingerprint density at radius 3 is 2.56 bits per heavy atom. The van der Waals surface area contributed by atoms with E-state index in [1.165, 1.54) is 0 Å². The number of nitrogens with zero attached hydrogens (tertiary/aromatic N) is 2. The van der Waals surface area contributed by atoms with Gasteiger partial charge >= 0.3 is 6.18 Å². The van der Waals surface area contributed by atoms with E-state index < -0.39 is 12.1 Å². The van der Waals surface area contributed by atoms with E-state index in [4.69, 9.17) is 5.73 Å². The number of nitrogen functional groups attached to an aromatic ring is 1. The third-order valence-electron chi connectivity index (χ3n) is 3.37. The van der Waals surface area contributed by atoms with Gasteiger partial charge in [-0.3, -0.25) is 4.90 Å². The summed E-state index contributed by atoms with van der Waals surface area (Å²) >= 11 is 0. The molecule has 0 atom stereocenters. The monoisotopic (exact) mass is 259 g/mol. The number of nitrogens with two attached hydrogens (primary N) is 1. The van der Waals surface area contributed by atoms with Gasteiger partial charge in [-0.05, 0) is 32.0 Å². The molecule has 18 heavy (non-hydrogen) atoms. The van der Waals surface area contributed by atoms with E-state index in [0.29, 0.717) is 25.5 Å². The Morgan fingerprint density at radius 2 is 2.00 bits per heavy atom. The van der Waals surface area contributed by atoms with Gasteiger partial charge < -0.3 is 5.73 Å². The van der Waals surface area contributed by atoms with Crippen LogP contribution < -0.4 is 5.73 Å². The molecule has 0 spiro atoms. The van der Waals surface area contributed by atoms with Crippen LogP contribution in [0.3, 0.4) is 0 Å². The molecule has 0 unspecified atom stereocenters. The van der Waals surface area contributed by atoms with Crippen molar-refractivity contribution in [1.82, 2.24) is 9.88 Å². The molecule has 0 bridgehead atoms. The normalized spacial score (nSPS) is 19.1. The van der Waals surface area contributed by atoms with Crippen molar-refractivity contribution >= 4 is 5.82 Å². The van der Waals surface area contributed by atoms with Crippen LogP contribution in [0.25, 0.3) is 0 Å². The molecule has 2 N–H and O–H groups in total. The molecule has 0 radical (unpaired) electrons. The molecule has 3 nitrogen and oxygen atoms in total. The van der Waals surface area contributed by atoms with Gasteiger partial charge in [0.2, 0.25) is 0 Å². The molecule has 1 saturated heterocycles. The number of alkyl halides is 3. The number of aromatic nitrogens is 1. The second-order valence-electron chi connectivity index (χ2n) is 4.64. The number of hydrogen-bond donors (Lipinski definition) is 1. The highest BCUT2D eigenvalue weighted by Gasteiger charge is 2.40. The van der Waals surface area contributed by atoms with Crippen molar-refractivity contribution in [2.24, 2.45) is 5.92 Å². The van der Waals surface area contributed by atoms with E-state index in [1.807, 2.05) is 11.0 Å². The van der Waals surface area contributed by atoms with E-state index in [0.717, 1.165) is 5.56 Å². The minimum Gasteiger partial charge on any atom is -0.383 e. The van der Waals surface area contributed by atoms with Crippen LogP contribution in [0.4, 0.5) is 19.0 Å². The summed E-state index contributed by atoms with van der Waals surface area (Å²) < 4.78 is 37.5. The van der Waals surface area contributed by atoms with E-state index >= 15 is 0 Å². The van der Waals surface area contributed by atoms with Crippen molar-refractivity contribution in [1.29, 1.82) is 0 Å². The van der Waals surface area contributed by atoms with Gasteiger partial charge in [-0.1, -0.05) is 6.07 Å². The average Bonchev–Trinajstić information content (AvgIpc) is 2.32. The van der Waals surface area contributed by atoms with Crippen molar-refractivity contribution in [3.63, 3.8) is 0 Å². The highest BCUT2D eigenvalue weighted by atomic mass is 19.4. The number of likely N-dealkylation sites (tertiary alicyclic amines) is 1. The Balaban J connectivity index is 1.90. The molecule has 0 amide bonds. The lowest BCUT2D eigenvalue weighted by Gasteiger charge is -2.32. The quantitative estimate of drug-likeness (QED) is 0.887. The number of hydrogen-bond acceptors (Lipinski definition) is 3. The van der Waals surface area contributed by atoms with Gasteiger partial charge in [-0.15, -0.1) is 0 Å². The fraction of sp³-hybridized carbons (Fsp3) is 0.583. The smallest absolute Gasteiger partial charge is 0.383 e. The summed E-state index contributed by atoms with van der Waals surface area (Å²) in [5, 5.41) is 0. The molecule has 2 heterocycles. The van der Waals surface area contributed by atoms with Gasteiger partial charge in [0, 0.05) is 18.3 Å². The van der Waals surface area contributed by atoms with Crippen molar-refractivity contribution in [2.75, 3.05) is 18.8 Å². The molecule has 6 heteroatoms. The van der Waals surface area contributed by atoms with E-state index in [9.17, 15) is 13.2 Å². The molecular weight excluding hydrogens is 243 g/mol. The third-order valence-corrected chi connectivity index (χ3v) is 3.37. The molecule has 0 aromatic carbocycles. The topological polar surface area (TPSA) is 42.1 Å². The number of halogens is 3. The number of rotatable bonds is 2. The van der Waals surface area contributed by atoms with E-state index in [-0.39, 0.29) is 12.8 Å². The summed E-state index contributed by atoms with van der Waals surface area (Å²) in [6.45, 7) is 1.49. The Bertz CT molecular complexity index is 398. The van der Waals surface area contributed by atoms with Crippen LogP contribution in [0.5, 0.6) is 0 Å². The number of pyridine rings is 1. The summed E-state index contributed by atoms with van der Waals surface area (Å²) in [7, 11) is 0. The van der Waals surface area contributed by atoms with Gasteiger partial charge in [0.1, 0.15) is 5.82 Å². The Labute approximate surface area is 104 Å². The molecule has 1 aromatic heterocycles. The molecule has 0 aliphatic carbocycles. The summed E-state index contributed by atoms with van der Waals surface area (Å²) in [6.07, 6.45) is -2.11. The standard InChI is InChI=1S/C12H16F3N3/c13-12(14,15)10-3-6-18(7-4-10)8-9-2-1-5-17-11(9)16/h1-2,5,10H,3-4,6-8H2,(H2,16,17). The second-order valence-corrected chi connectivity index (χ2v) is 4.64. The summed E-state index contributed by atoms with van der Waals surface area (Å²) in [5.41, 5.74) is 6.59. The van der Waals surface area contributed by atoms with Gasteiger partial charge in [0.25, 0.3) is 0 Å². The maximum atomic E-state index is 12.5. The van der Waals surface area contributed by atoms with Gasteiger partial charge in [0.15, 0.2) is 0 Å². The fourth-order valence-electron chi connectivity index (χ4n) is 2.24. The first kappa shape index (κ1) is 13.1. The lowest BCUT2D eigenvalue weighted by molar-refractivity contribution is -0.185. The predicted octanol–water partition coefficient (Wildman–Crippen LogP) is 2.44. The van der Waals surface area contributed by atoms with Crippen molar-refractivity contribution in [2.45, 2.75) is 25.6 Å². The van der Waals surface area contributed by atoms with Crippen LogP contribution in [0.1, 0.15) is 18.4 Å². The van der Waals surface area contributed by atoms with Crippen LogP contribution in [0, 0.1) is 5.92 Å². The highest BCUT2D eigenvalue weighted by Crippen LogP contribution is 2.34. The van der Waals surface area contributed by atoms with Gasteiger partial charge in [-0.2, -0.15) is 13.2 Å². The van der Waals surface area contributed by atoms with Crippen molar-refractivity contribution < 1.29 is 13.2 Å². The minimum atomic E-state index is -4.06. The Kier molecular flexibility index (Phi) is 3.75. The first-order chi connectivity index (χ1) is 8.47. The Hall–Kier alpha value is -1.30. The van der Waals surface area contributed by atoms with Gasteiger partial charge in [-0.25, -0.2) is 4.98 Å². The van der Waals surface area contributed by atoms with Crippen LogP contribution in [0.2, 0.25) is 0 Å². The van der Waals surface area contributed by atoms with E-state index in [1.54, 1.807) is 12.3 Å². The largest absolute Gasteiger partial charge is 0.391 e. The molecular formula is C12H16F3N3. The van der Waals surface area contributed by atoms with Crippen molar-refractivity contribution in [3.05, 3.63) is 23.9 Å². The maximum absolute atomic E-state index is 12.5. The van der Waals surface area contributed by atoms with Crippen molar-refractivity contribution in [3.8, 4) is 0 Å². The summed E-state index contributed by atoms with van der Waals surface area (Å²) in [4.78, 5) is 5.97. The lowest BCUT2D eigenvalue weighted by Crippen LogP contribution is -2.38. The summed E-state index contributed by atoms with van der Waals surface area (Å²) in [6, 6.07) is 3.65. The molecule has 0 saturated carbocycles. The SMILES string of the molecule is Nc1ncccc1CN1CCC(C(F)(F)F)CC1. The zero-order valence-electron chi connectivity index (χ0n) is 9.95. The van der Waals surface area contributed by atoms with E-state index in [2.05, 4.69) is 4.98 Å². The minimum absolute atomic E-state index is 0.170. The molecule has 1 aliphatic rings. The Morgan fingerprint density at radius 1 is 1.33 bits per heavy atom. The zero-order chi connectivity index (χ0) is 13.2. The molecule has 2 rings (SSSR count). The zero-order valence-corrected chi connectivity index (χ0v) is 9.95. The summed E-state index contributed by atoms with van der Waals surface area (Å²) in [5.74, 6) is -0.699. The molecule has 100 valence electrons. The predicted molar refractivity (Wildman–Crippen MR) is 62.7 cm³/mol. The lowest BCUT2D eigenvalue weighted by atomic mass is 9.96. The first-order valence-electron chi connectivity index (χ1n) is 5.95. The first-order valence-corrected chi connectivity index (χ1v) is 5.95. The van der Waals surface area contributed by atoms with Crippen LogP contribution >= 0.6 is 0 Å². The molecule has 1 fully saturated rings. The van der Waals surface area contributed by atoms with Crippen LogP contribution in [-0.4, -0.2) is 29.1 Å². The van der Waals surface area contributed by atoms with Crippen LogP contribution in [-0.2, 0) is 6.54 Å². The maximum Gasteiger partial charge on any atom is 0.391 e. The molecule has 1 aromatic rings.